The Labute approximate surface area is 115 Å². The predicted octanol–water partition coefficient (Wildman–Crippen LogP) is 2.59. The minimum atomic E-state index is -0.629. The molecule has 0 radical (unpaired) electrons. The van der Waals surface area contributed by atoms with Gasteiger partial charge in [-0.2, -0.15) is 0 Å². The number of ether oxygens (including phenoxy) is 1. The third kappa shape index (κ3) is 3.04. The van der Waals surface area contributed by atoms with Gasteiger partial charge in [-0.05, 0) is 44.0 Å². The highest BCUT2D eigenvalue weighted by atomic mass is 16.5. The van der Waals surface area contributed by atoms with E-state index in [1.54, 1.807) is 7.11 Å². The third-order valence-electron chi connectivity index (χ3n) is 3.94. The van der Waals surface area contributed by atoms with Crippen LogP contribution in [0.3, 0.4) is 0 Å². The van der Waals surface area contributed by atoms with Crippen LogP contribution in [0.5, 0.6) is 0 Å². The van der Waals surface area contributed by atoms with Crippen LogP contribution in [0.25, 0.3) is 0 Å². The molecule has 3 nitrogen and oxygen atoms in total. The first-order valence-corrected chi connectivity index (χ1v) is 7.11. The van der Waals surface area contributed by atoms with Gasteiger partial charge in [-0.3, -0.25) is 4.79 Å². The largest absolute Gasteiger partial charge is 0.370 e. The highest BCUT2D eigenvalue weighted by molar-refractivity contribution is 6.02. The number of carbonyl (C=O) groups excluding carboxylic acids is 1. The van der Waals surface area contributed by atoms with Gasteiger partial charge in [0.05, 0.1) is 0 Å². The van der Waals surface area contributed by atoms with Gasteiger partial charge in [-0.15, -0.1) is 0 Å². The van der Waals surface area contributed by atoms with Crippen molar-refractivity contribution >= 4 is 5.78 Å². The normalized spacial score (nSPS) is 18.2. The van der Waals surface area contributed by atoms with Crippen molar-refractivity contribution in [3.63, 3.8) is 0 Å². The van der Waals surface area contributed by atoms with Gasteiger partial charge in [-0.1, -0.05) is 31.5 Å². The molecule has 1 saturated heterocycles. The summed E-state index contributed by atoms with van der Waals surface area (Å²) in [7, 11) is 1.65. The van der Waals surface area contributed by atoms with E-state index in [9.17, 15) is 4.79 Å². The van der Waals surface area contributed by atoms with E-state index in [2.05, 4.69) is 18.3 Å². The first kappa shape index (κ1) is 14.2. The van der Waals surface area contributed by atoms with Crippen LogP contribution >= 0.6 is 0 Å². The van der Waals surface area contributed by atoms with Crippen LogP contribution in [0.15, 0.2) is 24.3 Å². The average Bonchev–Trinajstić information content (AvgIpc) is 2.48. The summed E-state index contributed by atoms with van der Waals surface area (Å²) in [5, 5.41) is 3.28. The zero-order valence-electron chi connectivity index (χ0n) is 11.9. The number of rotatable bonds is 5. The second-order valence-corrected chi connectivity index (χ2v) is 5.23. The van der Waals surface area contributed by atoms with Crippen molar-refractivity contribution in [3.05, 3.63) is 35.4 Å². The fourth-order valence-electron chi connectivity index (χ4n) is 2.77. The molecule has 1 N–H and O–H groups in total. The van der Waals surface area contributed by atoms with Crippen molar-refractivity contribution in [3.8, 4) is 0 Å². The van der Waals surface area contributed by atoms with Gasteiger partial charge in [-0.25, -0.2) is 0 Å². The molecule has 1 aliphatic heterocycles. The molecule has 1 aromatic rings. The Morgan fingerprint density at radius 1 is 1.37 bits per heavy atom. The molecule has 3 heteroatoms. The minimum absolute atomic E-state index is 0.134. The van der Waals surface area contributed by atoms with Crippen molar-refractivity contribution in [1.29, 1.82) is 0 Å². The summed E-state index contributed by atoms with van der Waals surface area (Å²) in [6.45, 7) is 3.83. The summed E-state index contributed by atoms with van der Waals surface area (Å²) >= 11 is 0. The fourth-order valence-corrected chi connectivity index (χ4v) is 2.77. The maximum atomic E-state index is 12.8. The molecule has 0 amide bonds. The Hall–Kier alpha value is -1.19. The maximum Gasteiger partial charge on any atom is 0.194 e. The molecule has 2 rings (SSSR count). The molecule has 19 heavy (non-hydrogen) atoms. The van der Waals surface area contributed by atoms with Gasteiger partial charge in [0, 0.05) is 12.7 Å². The van der Waals surface area contributed by atoms with Crippen molar-refractivity contribution in [1.82, 2.24) is 5.32 Å². The molecule has 1 heterocycles. The molecule has 0 bridgehead atoms. The lowest BCUT2D eigenvalue weighted by atomic mass is 9.84. The molecular weight excluding hydrogens is 238 g/mol. The Morgan fingerprint density at radius 2 is 2.11 bits per heavy atom. The number of Topliss-reactive ketones (excluding diaryl/α,β-unsaturated/α-hetero) is 1. The summed E-state index contributed by atoms with van der Waals surface area (Å²) in [5.74, 6) is 0.134. The Balaban J connectivity index is 2.24. The number of benzene rings is 1. The zero-order valence-corrected chi connectivity index (χ0v) is 11.9. The van der Waals surface area contributed by atoms with Crippen molar-refractivity contribution < 1.29 is 9.53 Å². The van der Waals surface area contributed by atoms with Crippen LogP contribution < -0.4 is 5.32 Å². The van der Waals surface area contributed by atoms with E-state index in [1.807, 2.05) is 18.2 Å². The summed E-state index contributed by atoms with van der Waals surface area (Å²) in [4.78, 5) is 12.8. The molecule has 0 aromatic heterocycles. The van der Waals surface area contributed by atoms with Gasteiger partial charge >= 0.3 is 0 Å². The van der Waals surface area contributed by atoms with Crippen LogP contribution in [0.2, 0.25) is 0 Å². The molecule has 0 aliphatic carbocycles. The van der Waals surface area contributed by atoms with Crippen molar-refractivity contribution in [2.45, 2.75) is 38.2 Å². The molecule has 0 atom stereocenters. The third-order valence-corrected chi connectivity index (χ3v) is 3.94. The van der Waals surface area contributed by atoms with E-state index in [0.717, 1.165) is 44.3 Å². The van der Waals surface area contributed by atoms with E-state index in [-0.39, 0.29) is 5.78 Å². The molecule has 0 saturated carbocycles. The van der Waals surface area contributed by atoms with E-state index < -0.39 is 5.60 Å². The maximum absolute atomic E-state index is 12.8. The second-order valence-electron chi connectivity index (χ2n) is 5.23. The summed E-state index contributed by atoms with van der Waals surface area (Å²) < 4.78 is 5.61. The number of aryl methyl sites for hydroxylation is 1. The number of piperidine rings is 1. The highest BCUT2D eigenvalue weighted by Gasteiger charge is 2.39. The van der Waals surface area contributed by atoms with Crippen molar-refractivity contribution in [2.75, 3.05) is 20.2 Å². The van der Waals surface area contributed by atoms with Gasteiger partial charge in [0.2, 0.25) is 0 Å². The van der Waals surface area contributed by atoms with E-state index in [4.69, 9.17) is 4.74 Å². The van der Waals surface area contributed by atoms with Crippen LogP contribution in [-0.2, 0) is 11.2 Å². The number of hydrogen-bond acceptors (Lipinski definition) is 3. The lowest BCUT2D eigenvalue weighted by Gasteiger charge is -2.35. The fraction of sp³-hybridized carbons (Fsp3) is 0.562. The quantitative estimate of drug-likeness (QED) is 0.828. The lowest BCUT2D eigenvalue weighted by molar-refractivity contribution is -0.0154. The second kappa shape index (κ2) is 6.31. The Bertz CT molecular complexity index is 436. The van der Waals surface area contributed by atoms with Gasteiger partial charge in [0.25, 0.3) is 0 Å². The standard InChI is InChI=1S/C16H23NO2/c1-3-5-13-6-4-7-14(12-13)15(18)16(19-2)8-10-17-11-9-16/h4,6-7,12,17H,3,5,8-11H2,1-2H3. The summed E-state index contributed by atoms with van der Waals surface area (Å²) in [6.07, 6.45) is 3.61. The Kier molecular flexibility index (Phi) is 4.72. The highest BCUT2D eigenvalue weighted by Crippen LogP contribution is 2.27. The van der Waals surface area contributed by atoms with Crippen LogP contribution in [0.1, 0.15) is 42.1 Å². The van der Waals surface area contributed by atoms with E-state index >= 15 is 0 Å². The Morgan fingerprint density at radius 3 is 2.74 bits per heavy atom. The van der Waals surface area contributed by atoms with Crippen LogP contribution in [0, 0.1) is 0 Å². The minimum Gasteiger partial charge on any atom is -0.370 e. The monoisotopic (exact) mass is 261 g/mol. The predicted molar refractivity (Wildman–Crippen MR) is 76.6 cm³/mol. The number of methoxy groups -OCH3 is 1. The molecule has 1 fully saturated rings. The summed E-state index contributed by atoms with van der Waals surface area (Å²) in [6, 6.07) is 7.99. The number of carbonyl (C=O) groups is 1. The topological polar surface area (TPSA) is 38.3 Å². The lowest BCUT2D eigenvalue weighted by Crippen LogP contribution is -2.49. The van der Waals surface area contributed by atoms with Gasteiger partial charge in [0.15, 0.2) is 5.78 Å². The number of hydrogen-bond donors (Lipinski definition) is 1. The molecule has 0 unspecified atom stereocenters. The van der Waals surface area contributed by atoms with Gasteiger partial charge < -0.3 is 10.1 Å². The van der Waals surface area contributed by atoms with Crippen molar-refractivity contribution in [2.24, 2.45) is 0 Å². The van der Waals surface area contributed by atoms with Crippen LogP contribution in [0.4, 0.5) is 0 Å². The van der Waals surface area contributed by atoms with Gasteiger partial charge in [0.1, 0.15) is 5.60 Å². The first-order valence-electron chi connectivity index (χ1n) is 7.11. The SMILES string of the molecule is CCCc1cccc(C(=O)C2(OC)CCNCC2)c1. The molecule has 1 aliphatic rings. The molecule has 104 valence electrons. The average molecular weight is 261 g/mol. The molecule has 0 spiro atoms. The number of ketones is 1. The van der Waals surface area contributed by atoms with E-state index in [0.29, 0.717) is 0 Å². The smallest absolute Gasteiger partial charge is 0.194 e. The number of nitrogens with one attached hydrogen (secondary N) is 1. The summed E-state index contributed by atoms with van der Waals surface area (Å²) in [5.41, 5.74) is 1.39. The first-order chi connectivity index (χ1) is 9.22. The van der Waals surface area contributed by atoms with E-state index in [1.165, 1.54) is 5.56 Å². The van der Waals surface area contributed by atoms with Crippen LogP contribution in [-0.4, -0.2) is 31.6 Å². The molecule has 1 aromatic carbocycles. The zero-order chi connectivity index (χ0) is 13.7. The molecular formula is C16H23NO2.